The van der Waals surface area contributed by atoms with Gasteiger partial charge in [0, 0.05) is 18.8 Å². The number of hydrogen-bond acceptors (Lipinski definition) is 3. The maximum Gasteiger partial charge on any atom is 0.416 e. The normalized spacial score (nSPS) is 15.4. The molecule has 0 atom stereocenters. The summed E-state index contributed by atoms with van der Waals surface area (Å²) in [5.41, 5.74) is -0.389. The van der Waals surface area contributed by atoms with Crippen LogP contribution >= 0.6 is 0 Å². The molecule has 0 radical (unpaired) electrons. The van der Waals surface area contributed by atoms with E-state index in [1.807, 2.05) is 0 Å². The van der Waals surface area contributed by atoms with E-state index in [9.17, 15) is 22.8 Å². The second-order valence-corrected chi connectivity index (χ2v) is 6.91. The third-order valence-corrected chi connectivity index (χ3v) is 4.74. The Bertz CT molecular complexity index is 858. The summed E-state index contributed by atoms with van der Waals surface area (Å²) in [7, 11) is 0. The van der Waals surface area contributed by atoms with Gasteiger partial charge in [-0.05, 0) is 55.2 Å². The van der Waals surface area contributed by atoms with Crippen molar-refractivity contribution in [1.82, 2.24) is 9.88 Å². The third kappa shape index (κ3) is 4.68. The lowest BCUT2D eigenvalue weighted by Gasteiger charge is -2.30. The van der Waals surface area contributed by atoms with Gasteiger partial charge in [-0.3, -0.25) is 9.59 Å². The number of carbonyl (C=O) groups is 2. The summed E-state index contributed by atoms with van der Waals surface area (Å²) in [4.78, 5) is 30.8. The molecule has 2 heterocycles. The fourth-order valence-electron chi connectivity index (χ4n) is 2.99. The molecule has 0 aliphatic carbocycles. The Balaban J connectivity index is 1.69. The lowest BCUT2D eigenvalue weighted by molar-refractivity contribution is -0.137. The first-order chi connectivity index (χ1) is 13.2. The number of likely N-dealkylation sites (tertiary alicyclic amines) is 1. The zero-order valence-corrected chi connectivity index (χ0v) is 15.3. The number of benzene rings is 1. The van der Waals surface area contributed by atoms with Crippen LogP contribution in [0.3, 0.4) is 0 Å². The van der Waals surface area contributed by atoms with Gasteiger partial charge in [-0.25, -0.2) is 4.98 Å². The zero-order chi connectivity index (χ0) is 20.3. The molecule has 148 valence electrons. The molecule has 8 heteroatoms. The highest BCUT2D eigenvalue weighted by atomic mass is 19.4. The summed E-state index contributed by atoms with van der Waals surface area (Å²) in [6, 6.07) is 8.69. The van der Waals surface area contributed by atoms with Gasteiger partial charge >= 0.3 is 6.18 Å². The van der Waals surface area contributed by atoms with Crippen LogP contribution in [-0.2, 0) is 6.18 Å². The van der Waals surface area contributed by atoms with E-state index < -0.39 is 17.6 Å². The summed E-state index contributed by atoms with van der Waals surface area (Å²) in [6.07, 6.45) is -2.58. The molecule has 1 N–H and O–H groups in total. The summed E-state index contributed by atoms with van der Waals surface area (Å²) in [5.74, 6) is -0.240. The van der Waals surface area contributed by atoms with Crippen LogP contribution in [0.25, 0.3) is 0 Å². The second-order valence-electron chi connectivity index (χ2n) is 6.91. The Hall–Kier alpha value is -2.90. The number of anilines is 1. The molecule has 1 aliphatic heterocycles. The molecule has 0 saturated carbocycles. The van der Waals surface area contributed by atoms with Crippen molar-refractivity contribution in [3.8, 4) is 0 Å². The molecule has 0 spiro atoms. The van der Waals surface area contributed by atoms with E-state index >= 15 is 0 Å². The highest BCUT2D eigenvalue weighted by molar-refractivity contribution is 6.03. The van der Waals surface area contributed by atoms with E-state index in [4.69, 9.17) is 0 Å². The number of pyridine rings is 1. The monoisotopic (exact) mass is 391 g/mol. The number of halogens is 3. The van der Waals surface area contributed by atoms with Gasteiger partial charge in [-0.15, -0.1) is 0 Å². The predicted octanol–water partition coefficient (Wildman–Crippen LogP) is 4.22. The summed E-state index contributed by atoms with van der Waals surface area (Å²) in [6.45, 7) is 3.46. The summed E-state index contributed by atoms with van der Waals surface area (Å²) >= 11 is 0. The summed E-state index contributed by atoms with van der Waals surface area (Å²) < 4.78 is 37.8. The van der Waals surface area contributed by atoms with Gasteiger partial charge in [-0.1, -0.05) is 13.0 Å². The topological polar surface area (TPSA) is 62.3 Å². The smallest absolute Gasteiger partial charge is 0.337 e. The van der Waals surface area contributed by atoms with Crippen molar-refractivity contribution < 1.29 is 22.8 Å². The van der Waals surface area contributed by atoms with Crippen LogP contribution in [0, 0.1) is 5.92 Å². The molecular weight excluding hydrogens is 371 g/mol. The van der Waals surface area contributed by atoms with Crippen molar-refractivity contribution >= 4 is 17.5 Å². The van der Waals surface area contributed by atoms with E-state index in [0.717, 1.165) is 25.0 Å². The Morgan fingerprint density at radius 2 is 1.64 bits per heavy atom. The zero-order valence-electron chi connectivity index (χ0n) is 15.3. The van der Waals surface area contributed by atoms with E-state index in [-0.39, 0.29) is 23.0 Å². The molecule has 5 nitrogen and oxygen atoms in total. The maximum atomic E-state index is 12.6. The SMILES string of the molecule is CC1CCN(C(=O)c2cccc(C(=O)Nc3ccc(C(F)(F)F)cc3)n2)CC1. The number of rotatable bonds is 3. The number of hydrogen-bond donors (Lipinski definition) is 1. The number of nitrogens with zero attached hydrogens (tertiary/aromatic N) is 2. The Morgan fingerprint density at radius 3 is 2.25 bits per heavy atom. The average Bonchev–Trinajstić information content (AvgIpc) is 2.68. The third-order valence-electron chi connectivity index (χ3n) is 4.74. The van der Waals surface area contributed by atoms with E-state index in [0.29, 0.717) is 19.0 Å². The second kappa shape index (κ2) is 8.00. The largest absolute Gasteiger partial charge is 0.416 e. The summed E-state index contributed by atoms with van der Waals surface area (Å²) in [5, 5.41) is 2.49. The minimum atomic E-state index is -4.44. The van der Waals surface area contributed by atoms with Gasteiger partial charge in [0.25, 0.3) is 11.8 Å². The maximum absolute atomic E-state index is 12.6. The molecule has 1 fully saturated rings. The fourth-order valence-corrected chi connectivity index (χ4v) is 2.99. The molecule has 1 aliphatic rings. The van der Waals surface area contributed by atoms with E-state index in [1.165, 1.54) is 18.2 Å². The van der Waals surface area contributed by atoms with Crippen LogP contribution in [-0.4, -0.2) is 34.8 Å². The van der Waals surface area contributed by atoms with Gasteiger partial charge in [0.05, 0.1) is 5.56 Å². The molecule has 0 bridgehead atoms. The Labute approximate surface area is 160 Å². The van der Waals surface area contributed by atoms with E-state index in [1.54, 1.807) is 17.0 Å². The van der Waals surface area contributed by atoms with Crippen molar-refractivity contribution in [3.63, 3.8) is 0 Å². The Morgan fingerprint density at radius 1 is 1.04 bits per heavy atom. The average molecular weight is 391 g/mol. The number of piperidine rings is 1. The van der Waals surface area contributed by atoms with Gasteiger partial charge in [0.2, 0.25) is 0 Å². The molecular formula is C20H20F3N3O2. The van der Waals surface area contributed by atoms with Gasteiger partial charge in [0.1, 0.15) is 11.4 Å². The van der Waals surface area contributed by atoms with Crippen LogP contribution in [0.5, 0.6) is 0 Å². The van der Waals surface area contributed by atoms with Crippen LogP contribution in [0.2, 0.25) is 0 Å². The number of alkyl halides is 3. The highest BCUT2D eigenvalue weighted by Gasteiger charge is 2.30. The molecule has 3 rings (SSSR count). The first kappa shape index (κ1) is 19.9. The first-order valence-electron chi connectivity index (χ1n) is 8.99. The van der Waals surface area contributed by atoms with Crippen molar-refractivity contribution in [2.45, 2.75) is 25.9 Å². The lowest BCUT2D eigenvalue weighted by atomic mass is 9.99. The number of carbonyl (C=O) groups excluding carboxylic acids is 2. The molecule has 2 aromatic rings. The predicted molar refractivity (Wildman–Crippen MR) is 97.9 cm³/mol. The van der Waals surface area contributed by atoms with Crippen LogP contribution in [0.4, 0.5) is 18.9 Å². The van der Waals surface area contributed by atoms with Crippen molar-refractivity contribution in [1.29, 1.82) is 0 Å². The van der Waals surface area contributed by atoms with Crippen molar-refractivity contribution in [2.24, 2.45) is 5.92 Å². The number of amides is 2. The number of aromatic nitrogens is 1. The quantitative estimate of drug-likeness (QED) is 0.852. The minimum Gasteiger partial charge on any atom is -0.337 e. The van der Waals surface area contributed by atoms with Crippen LogP contribution in [0.15, 0.2) is 42.5 Å². The highest BCUT2D eigenvalue weighted by Crippen LogP contribution is 2.29. The van der Waals surface area contributed by atoms with Gasteiger partial charge in [0.15, 0.2) is 0 Å². The van der Waals surface area contributed by atoms with Crippen molar-refractivity contribution in [3.05, 3.63) is 59.4 Å². The first-order valence-corrected chi connectivity index (χ1v) is 8.99. The number of nitrogens with one attached hydrogen (secondary N) is 1. The minimum absolute atomic E-state index is 0.0242. The molecule has 1 aromatic carbocycles. The van der Waals surface area contributed by atoms with Crippen molar-refractivity contribution in [2.75, 3.05) is 18.4 Å². The molecule has 0 unspecified atom stereocenters. The molecule has 1 saturated heterocycles. The molecule has 28 heavy (non-hydrogen) atoms. The fraction of sp³-hybridized carbons (Fsp3) is 0.350. The molecule has 1 aromatic heterocycles. The standard InChI is InChI=1S/C20H20F3N3O2/c1-13-9-11-26(12-10-13)19(28)17-4-2-3-16(25-17)18(27)24-15-7-5-14(6-8-15)20(21,22)23/h2-8,13H,9-12H2,1H3,(H,24,27). The Kier molecular flexibility index (Phi) is 5.67. The van der Waals surface area contributed by atoms with Gasteiger partial charge < -0.3 is 10.2 Å². The van der Waals surface area contributed by atoms with E-state index in [2.05, 4.69) is 17.2 Å². The van der Waals surface area contributed by atoms with Gasteiger partial charge in [-0.2, -0.15) is 13.2 Å². The lowest BCUT2D eigenvalue weighted by Crippen LogP contribution is -2.38. The molecule has 2 amide bonds. The van der Waals surface area contributed by atoms with Crippen LogP contribution < -0.4 is 5.32 Å². The van der Waals surface area contributed by atoms with Crippen LogP contribution in [0.1, 0.15) is 46.3 Å².